The monoisotopic (exact) mass is 217 g/mol. The van der Waals surface area contributed by atoms with Crippen LogP contribution in [0.2, 0.25) is 0 Å². The third-order valence-corrected chi connectivity index (χ3v) is 3.48. The summed E-state index contributed by atoms with van der Waals surface area (Å²) in [6.45, 7) is 2.00. The van der Waals surface area contributed by atoms with E-state index in [-0.39, 0.29) is 6.10 Å². The quantitative estimate of drug-likeness (QED) is 0.792. The molecule has 0 amide bonds. The van der Waals surface area contributed by atoms with Gasteiger partial charge in [-0.1, -0.05) is 0 Å². The predicted molar refractivity (Wildman–Crippen MR) is 61.2 cm³/mol. The van der Waals surface area contributed by atoms with Gasteiger partial charge in [-0.15, -0.1) is 0 Å². The van der Waals surface area contributed by atoms with Crippen molar-refractivity contribution >= 4 is 11.0 Å². The van der Waals surface area contributed by atoms with Crippen molar-refractivity contribution < 1.29 is 5.11 Å². The third kappa shape index (κ3) is 1.41. The van der Waals surface area contributed by atoms with Crippen molar-refractivity contribution in [2.45, 2.75) is 38.3 Å². The number of aliphatic hydroxyl groups excluding tert-OH is 1. The van der Waals surface area contributed by atoms with Crippen molar-refractivity contribution in [3.63, 3.8) is 0 Å². The average Bonchev–Trinajstić information content (AvgIpc) is 2.84. The van der Waals surface area contributed by atoms with Gasteiger partial charge in [-0.25, -0.2) is 9.97 Å². The summed E-state index contributed by atoms with van der Waals surface area (Å²) in [6.07, 6.45) is 6.30. The van der Waals surface area contributed by atoms with E-state index in [0.717, 1.165) is 36.0 Å². The minimum absolute atomic E-state index is 0.148. The lowest BCUT2D eigenvalue weighted by Gasteiger charge is -2.12. The Balaban J connectivity index is 2.08. The summed E-state index contributed by atoms with van der Waals surface area (Å²) < 4.78 is 2.18. The molecule has 0 bridgehead atoms. The molecule has 84 valence electrons. The first-order chi connectivity index (χ1) is 7.75. The molecule has 1 N–H and O–H groups in total. The topological polar surface area (TPSA) is 50.9 Å². The molecule has 2 unspecified atom stereocenters. The number of hydrogen-bond acceptors (Lipinski definition) is 3. The number of aromatic nitrogens is 3. The number of aryl methyl sites for hydroxylation is 1. The number of aliphatic hydroxyl groups is 1. The standard InChI is InChI=1S/C12H15N3O/c1-8-11-4-5-15(12(11)14-7-13-8)9-2-3-10(16)6-9/h4-5,7,9-10,16H,2-3,6H2,1H3. The fourth-order valence-electron chi connectivity index (χ4n) is 2.58. The van der Waals surface area contributed by atoms with Crippen molar-refractivity contribution in [3.05, 3.63) is 24.3 Å². The molecule has 16 heavy (non-hydrogen) atoms. The summed E-state index contributed by atoms with van der Waals surface area (Å²) >= 11 is 0. The first-order valence-corrected chi connectivity index (χ1v) is 5.72. The van der Waals surface area contributed by atoms with Gasteiger partial charge in [0, 0.05) is 17.6 Å². The van der Waals surface area contributed by atoms with Crippen molar-refractivity contribution in [2.24, 2.45) is 0 Å². The van der Waals surface area contributed by atoms with Gasteiger partial charge in [0.2, 0.25) is 0 Å². The van der Waals surface area contributed by atoms with E-state index in [1.807, 2.05) is 6.92 Å². The van der Waals surface area contributed by atoms with Gasteiger partial charge in [-0.05, 0) is 32.3 Å². The molecule has 3 rings (SSSR count). The van der Waals surface area contributed by atoms with Crippen LogP contribution in [0.3, 0.4) is 0 Å². The summed E-state index contributed by atoms with van der Waals surface area (Å²) in [5.41, 5.74) is 2.01. The van der Waals surface area contributed by atoms with Crippen LogP contribution in [0.1, 0.15) is 31.0 Å². The van der Waals surface area contributed by atoms with Gasteiger partial charge in [0.1, 0.15) is 12.0 Å². The van der Waals surface area contributed by atoms with Crippen LogP contribution >= 0.6 is 0 Å². The van der Waals surface area contributed by atoms with Gasteiger partial charge in [-0.3, -0.25) is 0 Å². The Bertz CT molecular complexity index is 520. The van der Waals surface area contributed by atoms with Gasteiger partial charge in [0.15, 0.2) is 0 Å². The molecule has 0 saturated heterocycles. The molecule has 2 atom stereocenters. The Kier molecular flexibility index (Phi) is 2.17. The van der Waals surface area contributed by atoms with Gasteiger partial charge in [-0.2, -0.15) is 0 Å². The van der Waals surface area contributed by atoms with Crippen LogP contribution in [-0.2, 0) is 0 Å². The smallest absolute Gasteiger partial charge is 0.143 e. The zero-order valence-corrected chi connectivity index (χ0v) is 9.30. The highest BCUT2D eigenvalue weighted by molar-refractivity contribution is 5.78. The van der Waals surface area contributed by atoms with Crippen molar-refractivity contribution in [2.75, 3.05) is 0 Å². The van der Waals surface area contributed by atoms with Crippen LogP contribution in [0.5, 0.6) is 0 Å². The molecule has 2 heterocycles. The van der Waals surface area contributed by atoms with E-state index >= 15 is 0 Å². The molecule has 0 radical (unpaired) electrons. The lowest BCUT2D eigenvalue weighted by Crippen LogP contribution is -2.06. The Morgan fingerprint density at radius 2 is 2.25 bits per heavy atom. The molecule has 1 aliphatic carbocycles. The average molecular weight is 217 g/mol. The van der Waals surface area contributed by atoms with E-state index in [0.29, 0.717) is 6.04 Å². The molecule has 0 aliphatic heterocycles. The van der Waals surface area contributed by atoms with Crippen LogP contribution in [0.25, 0.3) is 11.0 Å². The van der Waals surface area contributed by atoms with Gasteiger partial charge in [0.25, 0.3) is 0 Å². The van der Waals surface area contributed by atoms with Gasteiger partial charge < -0.3 is 9.67 Å². The minimum Gasteiger partial charge on any atom is -0.393 e. The van der Waals surface area contributed by atoms with E-state index in [2.05, 4.69) is 26.8 Å². The number of rotatable bonds is 1. The van der Waals surface area contributed by atoms with Crippen LogP contribution < -0.4 is 0 Å². The van der Waals surface area contributed by atoms with Crippen molar-refractivity contribution in [1.29, 1.82) is 0 Å². The summed E-state index contributed by atoms with van der Waals surface area (Å²) in [5, 5.41) is 10.7. The summed E-state index contributed by atoms with van der Waals surface area (Å²) in [7, 11) is 0. The zero-order valence-electron chi connectivity index (χ0n) is 9.30. The first-order valence-electron chi connectivity index (χ1n) is 5.72. The SMILES string of the molecule is Cc1ncnc2c1ccn2C1CCC(O)C1. The second kappa shape index (κ2) is 3.56. The predicted octanol–water partition coefficient (Wildman–Crippen LogP) is 1.83. The largest absolute Gasteiger partial charge is 0.393 e. The zero-order chi connectivity index (χ0) is 11.1. The van der Waals surface area contributed by atoms with E-state index < -0.39 is 0 Å². The normalized spacial score (nSPS) is 25.4. The second-order valence-corrected chi connectivity index (χ2v) is 4.54. The van der Waals surface area contributed by atoms with Gasteiger partial charge >= 0.3 is 0 Å². The molecule has 1 fully saturated rings. The maximum Gasteiger partial charge on any atom is 0.143 e. The Hall–Kier alpha value is -1.42. The van der Waals surface area contributed by atoms with Crippen LogP contribution in [0.4, 0.5) is 0 Å². The maximum absolute atomic E-state index is 9.58. The molecular formula is C12H15N3O. The minimum atomic E-state index is -0.148. The lowest BCUT2D eigenvalue weighted by atomic mass is 10.2. The van der Waals surface area contributed by atoms with E-state index in [4.69, 9.17) is 0 Å². The van der Waals surface area contributed by atoms with E-state index in [1.54, 1.807) is 6.33 Å². The molecule has 4 heteroatoms. The van der Waals surface area contributed by atoms with E-state index in [9.17, 15) is 5.11 Å². The highest BCUT2D eigenvalue weighted by Gasteiger charge is 2.25. The van der Waals surface area contributed by atoms with Gasteiger partial charge in [0.05, 0.1) is 11.8 Å². The molecular weight excluding hydrogens is 202 g/mol. The highest BCUT2D eigenvalue weighted by atomic mass is 16.3. The molecule has 1 saturated carbocycles. The Labute approximate surface area is 93.9 Å². The number of hydrogen-bond donors (Lipinski definition) is 1. The third-order valence-electron chi connectivity index (χ3n) is 3.48. The Morgan fingerprint density at radius 1 is 1.38 bits per heavy atom. The molecule has 2 aromatic rings. The molecule has 2 aromatic heterocycles. The molecule has 0 aromatic carbocycles. The Morgan fingerprint density at radius 3 is 3.00 bits per heavy atom. The summed E-state index contributed by atoms with van der Waals surface area (Å²) in [4.78, 5) is 8.53. The molecule has 4 nitrogen and oxygen atoms in total. The first kappa shape index (κ1) is 9.78. The summed E-state index contributed by atoms with van der Waals surface area (Å²) in [6, 6.07) is 2.46. The lowest BCUT2D eigenvalue weighted by molar-refractivity contribution is 0.178. The van der Waals surface area contributed by atoms with Crippen LogP contribution in [0.15, 0.2) is 18.6 Å². The van der Waals surface area contributed by atoms with Crippen LogP contribution in [0, 0.1) is 6.92 Å². The summed E-state index contributed by atoms with van der Waals surface area (Å²) in [5.74, 6) is 0. The number of nitrogens with zero attached hydrogens (tertiary/aromatic N) is 3. The second-order valence-electron chi connectivity index (χ2n) is 4.54. The van der Waals surface area contributed by atoms with Crippen molar-refractivity contribution in [1.82, 2.24) is 14.5 Å². The van der Waals surface area contributed by atoms with Crippen LogP contribution in [-0.4, -0.2) is 25.7 Å². The highest BCUT2D eigenvalue weighted by Crippen LogP contribution is 2.32. The van der Waals surface area contributed by atoms with E-state index in [1.165, 1.54) is 0 Å². The maximum atomic E-state index is 9.58. The molecule has 1 aliphatic rings. The molecule has 0 spiro atoms. The van der Waals surface area contributed by atoms with Crippen molar-refractivity contribution in [3.8, 4) is 0 Å². The number of fused-ring (bicyclic) bond motifs is 1. The fraction of sp³-hybridized carbons (Fsp3) is 0.500. The fourth-order valence-corrected chi connectivity index (χ4v) is 2.58.